The van der Waals surface area contributed by atoms with Crippen molar-refractivity contribution in [2.45, 2.75) is 19.9 Å². The van der Waals surface area contributed by atoms with Crippen molar-refractivity contribution in [2.24, 2.45) is 0 Å². The molecule has 1 heterocycles. The van der Waals surface area contributed by atoms with Gasteiger partial charge in [-0.2, -0.15) is 4.98 Å². The van der Waals surface area contributed by atoms with E-state index in [-0.39, 0.29) is 11.7 Å². The molecular formula is C17H15ClN4O3. The molecule has 1 N–H and O–H groups in total. The number of hydrogen-bond acceptors (Lipinski definition) is 6. The van der Waals surface area contributed by atoms with E-state index >= 15 is 0 Å². The minimum absolute atomic E-state index is 0.0859. The van der Waals surface area contributed by atoms with Gasteiger partial charge < -0.3 is 9.84 Å². The fourth-order valence-corrected chi connectivity index (χ4v) is 2.51. The van der Waals surface area contributed by atoms with Gasteiger partial charge in [0.05, 0.1) is 11.0 Å². The lowest BCUT2D eigenvalue weighted by molar-refractivity contribution is -0.385. The third kappa shape index (κ3) is 3.77. The van der Waals surface area contributed by atoms with Gasteiger partial charge in [0.25, 0.3) is 11.6 Å². The molecule has 0 saturated heterocycles. The summed E-state index contributed by atoms with van der Waals surface area (Å²) in [5, 5.41) is 18.7. The Kier molecular flexibility index (Phi) is 4.67. The molecule has 1 aromatic heterocycles. The first-order valence-corrected chi connectivity index (χ1v) is 7.93. The SMILES string of the molecule is Cc1cc(NC(C)c2noc(-c3ccc(Cl)cc3)n2)ccc1[N+](=O)[O-]. The molecule has 25 heavy (non-hydrogen) atoms. The Labute approximate surface area is 148 Å². The molecule has 7 nitrogen and oxygen atoms in total. The topological polar surface area (TPSA) is 94.1 Å². The van der Waals surface area contributed by atoms with Crippen LogP contribution in [0.25, 0.3) is 11.5 Å². The highest BCUT2D eigenvalue weighted by atomic mass is 35.5. The largest absolute Gasteiger partial charge is 0.375 e. The average molecular weight is 359 g/mol. The van der Waals surface area contributed by atoms with E-state index in [1.165, 1.54) is 6.07 Å². The fraction of sp³-hybridized carbons (Fsp3) is 0.176. The summed E-state index contributed by atoms with van der Waals surface area (Å²) < 4.78 is 5.29. The van der Waals surface area contributed by atoms with Gasteiger partial charge >= 0.3 is 0 Å². The molecule has 128 valence electrons. The van der Waals surface area contributed by atoms with Crippen LogP contribution in [-0.4, -0.2) is 15.1 Å². The van der Waals surface area contributed by atoms with Crippen LogP contribution in [0.3, 0.4) is 0 Å². The number of aryl methyl sites for hydroxylation is 1. The summed E-state index contributed by atoms with van der Waals surface area (Å²) in [6.45, 7) is 3.58. The van der Waals surface area contributed by atoms with E-state index in [0.29, 0.717) is 22.3 Å². The van der Waals surface area contributed by atoms with Crippen molar-refractivity contribution in [1.29, 1.82) is 0 Å². The maximum Gasteiger partial charge on any atom is 0.272 e. The quantitative estimate of drug-likeness (QED) is 0.521. The minimum atomic E-state index is -0.403. The van der Waals surface area contributed by atoms with Crippen LogP contribution in [0.4, 0.5) is 11.4 Å². The van der Waals surface area contributed by atoms with Gasteiger partial charge in [-0.05, 0) is 50.2 Å². The smallest absolute Gasteiger partial charge is 0.272 e. The molecule has 3 rings (SSSR count). The molecule has 0 spiro atoms. The molecule has 0 amide bonds. The van der Waals surface area contributed by atoms with Crippen molar-refractivity contribution in [3.8, 4) is 11.5 Å². The molecule has 2 aromatic carbocycles. The van der Waals surface area contributed by atoms with Gasteiger partial charge in [-0.25, -0.2) is 0 Å². The van der Waals surface area contributed by atoms with Gasteiger partial charge in [-0.1, -0.05) is 16.8 Å². The molecule has 8 heteroatoms. The lowest BCUT2D eigenvalue weighted by Crippen LogP contribution is -2.08. The first kappa shape index (κ1) is 16.9. The first-order chi connectivity index (χ1) is 11.9. The zero-order valence-corrected chi connectivity index (χ0v) is 14.3. The normalized spacial score (nSPS) is 12.0. The number of nitro benzene ring substituents is 1. The van der Waals surface area contributed by atoms with Crippen LogP contribution in [-0.2, 0) is 0 Å². The number of rotatable bonds is 5. The van der Waals surface area contributed by atoms with Crippen LogP contribution in [0.5, 0.6) is 0 Å². The predicted molar refractivity (Wildman–Crippen MR) is 94.6 cm³/mol. The van der Waals surface area contributed by atoms with Gasteiger partial charge in [0, 0.05) is 27.9 Å². The van der Waals surface area contributed by atoms with Crippen LogP contribution < -0.4 is 5.32 Å². The Morgan fingerprint density at radius 3 is 2.60 bits per heavy atom. The van der Waals surface area contributed by atoms with Crippen LogP contribution in [0.2, 0.25) is 5.02 Å². The van der Waals surface area contributed by atoms with E-state index in [2.05, 4.69) is 15.5 Å². The molecule has 0 fully saturated rings. The minimum Gasteiger partial charge on any atom is -0.375 e. The summed E-state index contributed by atoms with van der Waals surface area (Å²) in [6, 6.07) is 11.7. The van der Waals surface area contributed by atoms with E-state index < -0.39 is 4.92 Å². The summed E-state index contributed by atoms with van der Waals surface area (Å²) in [5.41, 5.74) is 2.19. The van der Waals surface area contributed by atoms with E-state index in [4.69, 9.17) is 16.1 Å². The third-order valence-corrected chi connectivity index (χ3v) is 3.95. The highest BCUT2D eigenvalue weighted by Gasteiger charge is 2.16. The van der Waals surface area contributed by atoms with Crippen LogP contribution in [0.1, 0.15) is 24.4 Å². The Bertz CT molecular complexity index is 909. The fourth-order valence-electron chi connectivity index (χ4n) is 2.39. The molecule has 1 unspecified atom stereocenters. The molecule has 0 aliphatic carbocycles. The number of nitrogens with zero attached hydrogens (tertiary/aromatic N) is 3. The molecule has 0 radical (unpaired) electrons. The highest BCUT2D eigenvalue weighted by molar-refractivity contribution is 6.30. The zero-order valence-electron chi connectivity index (χ0n) is 13.6. The van der Waals surface area contributed by atoms with Crippen molar-refractivity contribution in [1.82, 2.24) is 10.1 Å². The molecule has 0 saturated carbocycles. The number of benzene rings is 2. The van der Waals surface area contributed by atoms with Gasteiger partial charge in [-0.15, -0.1) is 0 Å². The lowest BCUT2D eigenvalue weighted by Gasteiger charge is -2.12. The molecule has 1 atom stereocenters. The van der Waals surface area contributed by atoms with Crippen LogP contribution in [0, 0.1) is 17.0 Å². The van der Waals surface area contributed by atoms with E-state index in [9.17, 15) is 10.1 Å². The number of nitrogens with one attached hydrogen (secondary N) is 1. The number of anilines is 1. The Balaban J connectivity index is 1.76. The Hall–Kier alpha value is -2.93. The second-order valence-electron chi connectivity index (χ2n) is 5.59. The van der Waals surface area contributed by atoms with Crippen LogP contribution in [0.15, 0.2) is 47.0 Å². The molecule has 3 aromatic rings. The Morgan fingerprint density at radius 1 is 1.24 bits per heavy atom. The highest BCUT2D eigenvalue weighted by Crippen LogP contribution is 2.26. The summed E-state index contributed by atoms with van der Waals surface area (Å²) in [7, 11) is 0. The second-order valence-corrected chi connectivity index (χ2v) is 6.03. The lowest BCUT2D eigenvalue weighted by atomic mass is 10.1. The van der Waals surface area contributed by atoms with E-state index in [1.54, 1.807) is 43.3 Å². The van der Waals surface area contributed by atoms with Crippen molar-refractivity contribution >= 4 is 23.0 Å². The summed E-state index contributed by atoms with van der Waals surface area (Å²) in [4.78, 5) is 14.9. The maximum atomic E-state index is 10.9. The van der Waals surface area contributed by atoms with Crippen molar-refractivity contribution in [3.63, 3.8) is 0 Å². The molecular weight excluding hydrogens is 344 g/mol. The summed E-state index contributed by atoms with van der Waals surface area (Å²) in [6.07, 6.45) is 0. The van der Waals surface area contributed by atoms with Gasteiger partial charge in [0.15, 0.2) is 5.82 Å². The van der Waals surface area contributed by atoms with Gasteiger partial charge in [0.2, 0.25) is 0 Å². The second kappa shape index (κ2) is 6.90. The van der Waals surface area contributed by atoms with Gasteiger partial charge in [0.1, 0.15) is 0 Å². The number of halogens is 1. The predicted octanol–water partition coefficient (Wildman–Crippen LogP) is 4.78. The molecule has 0 bridgehead atoms. The van der Waals surface area contributed by atoms with Gasteiger partial charge in [-0.3, -0.25) is 10.1 Å². The standard InChI is InChI=1S/C17H15ClN4O3/c1-10-9-14(7-8-15(10)22(23)24)19-11(2)16-20-17(25-21-16)12-3-5-13(18)6-4-12/h3-9,11,19H,1-2H3. The monoisotopic (exact) mass is 358 g/mol. The summed E-state index contributed by atoms with van der Waals surface area (Å²) in [5.74, 6) is 0.890. The third-order valence-electron chi connectivity index (χ3n) is 3.70. The average Bonchev–Trinajstić information content (AvgIpc) is 3.05. The number of nitro groups is 1. The van der Waals surface area contributed by atoms with E-state index in [0.717, 1.165) is 11.3 Å². The number of aromatic nitrogens is 2. The molecule has 0 aliphatic heterocycles. The van der Waals surface area contributed by atoms with Crippen molar-refractivity contribution in [3.05, 3.63) is 69.0 Å². The van der Waals surface area contributed by atoms with Crippen LogP contribution >= 0.6 is 11.6 Å². The van der Waals surface area contributed by atoms with Crippen molar-refractivity contribution in [2.75, 3.05) is 5.32 Å². The summed E-state index contributed by atoms with van der Waals surface area (Å²) >= 11 is 5.87. The Morgan fingerprint density at radius 2 is 1.96 bits per heavy atom. The zero-order chi connectivity index (χ0) is 18.0. The maximum absolute atomic E-state index is 10.9. The van der Waals surface area contributed by atoms with Crippen molar-refractivity contribution < 1.29 is 9.45 Å². The number of hydrogen-bond donors (Lipinski definition) is 1. The van der Waals surface area contributed by atoms with E-state index in [1.807, 2.05) is 6.92 Å². The molecule has 0 aliphatic rings. The first-order valence-electron chi connectivity index (χ1n) is 7.55.